The first-order valence-electron chi connectivity index (χ1n) is 12.2. The van der Waals surface area contributed by atoms with Crippen LogP contribution in [-0.4, -0.2) is 105 Å². The number of carboxylic acids is 1. The van der Waals surface area contributed by atoms with E-state index >= 15 is 0 Å². The van der Waals surface area contributed by atoms with E-state index < -0.39 is 47.4 Å². The van der Waals surface area contributed by atoms with Crippen LogP contribution in [0.5, 0.6) is 0 Å². The van der Waals surface area contributed by atoms with E-state index in [0.29, 0.717) is 22.0 Å². The number of ether oxygens (including phenoxy) is 1. The molecular formula is C23H23N9O7S3. The Morgan fingerprint density at radius 1 is 1.29 bits per heavy atom. The highest BCUT2D eigenvalue weighted by atomic mass is 32.2. The summed E-state index contributed by atoms with van der Waals surface area (Å²) < 4.78 is 6.43. The molecule has 5 heterocycles. The smallest absolute Gasteiger partial charge is 0.352 e. The molecule has 0 bridgehead atoms. The lowest BCUT2D eigenvalue weighted by Gasteiger charge is -2.49. The Balaban J connectivity index is 1.26. The number of tetrazole rings is 1. The van der Waals surface area contributed by atoms with Crippen molar-refractivity contribution in [2.45, 2.75) is 42.8 Å². The number of amides is 2. The lowest BCUT2D eigenvalue weighted by atomic mass is 10.0. The molecule has 16 nitrogen and oxygen atoms in total. The number of rotatable bonds is 10. The largest absolute Gasteiger partial charge is 0.477 e. The van der Waals surface area contributed by atoms with Crippen molar-refractivity contribution in [3.05, 3.63) is 40.0 Å². The lowest BCUT2D eigenvalue weighted by Crippen LogP contribution is -2.71. The van der Waals surface area contributed by atoms with Crippen LogP contribution in [0, 0.1) is 0 Å². The van der Waals surface area contributed by atoms with Gasteiger partial charge >= 0.3 is 11.9 Å². The molecule has 42 heavy (non-hydrogen) atoms. The minimum Gasteiger partial charge on any atom is -0.477 e. The molecule has 0 radical (unpaired) electrons. The number of thioether (sulfide) groups is 2. The fourth-order valence-electron chi connectivity index (χ4n) is 3.93. The van der Waals surface area contributed by atoms with Crippen LogP contribution < -0.4 is 5.32 Å². The number of oxime groups is 1. The zero-order valence-corrected chi connectivity index (χ0v) is 24.7. The SMILES string of the molecule is CC(C)(C)OC(=O)CO/N=C(/C(=O)NC1C(=O)N2C(C(=O)O)=C(CSc3ccc4nnnn4n3)CSC12)c1cscn1. The van der Waals surface area contributed by atoms with E-state index in [2.05, 4.69) is 36.1 Å². The van der Waals surface area contributed by atoms with Crippen LogP contribution in [-0.2, 0) is 28.8 Å². The molecule has 2 aliphatic rings. The molecule has 2 aliphatic heterocycles. The molecule has 0 saturated carbocycles. The number of carbonyl (C=O) groups excluding carboxylic acids is 3. The molecule has 5 rings (SSSR count). The van der Waals surface area contributed by atoms with Gasteiger partial charge < -0.3 is 20.0 Å². The number of esters is 1. The number of aliphatic carboxylic acids is 1. The average molecular weight is 634 g/mol. The second kappa shape index (κ2) is 12.0. The summed E-state index contributed by atoms with van der Waals surface area (Å²) in [6, 6.07) is 2.39. The summed E-state index contributed by atoms with van der Waals surface area (Å²) in [5.41, 5.74) is 1.57. The standard InChI is InChI=1S/C23H23N9O7S3/c1-23(2,3)39-15(33)6-38-28-16(12-9-40-10-24-12)19(34)25-17-20(35)31-18(22(36)37)11(8-42-21(17)31)7-41-14-5-4-13-26-29-30-32(13)27-14/h4-5,9-10,17,21H,6-8H2,1-3H3,(H,25,34)(H,36,37)/b28-16+. The van der Waals surface area contributed by atoms with E-state index in [4.69, 9.17) is 9.57 Å². The minimum absolute atomic E-state index is 0.126. The first-order valence-corrected chi connectivity index (χ1v) is 15.2. The lowest BCUT2D eigenvalue weighted by molar-refractivity contribution is -0.160. The van der Waals surface area contributed by atoms with Gasteiger partial charge in [0.15, 0.2) is 11.4 Å². The second-order valence-electron chi connectivity index (χ2n) is 9.78. The zero-order chi connectivity index (χ0) is 30.0. The highest BCUT2D eigenvalue weighted by Gasteiger charge is 2.54. The maximum Gasteiger partial charge on any atom is 0.352 e. The maximum absolute atomic E-state index is 13.2. The second-order valence-corrected chi connectivity index (χ2v) is 12.6. The van der Waals surface area contributed by atoms with Crippen LogP contribution in [0.4, 0.5) is 0 Å². The Labute approximate surface area is 249 Å². The van der Waals surface area contributed by atoms with Gasteiger partial charge in [0, 0.05) is 16.9 Å². The third kappa shape index (κ3) is 6.36. The third-order valence-corrected chi connectivity index (χ3v) is 8.56. The third-order valence-electron chi connectivity index (χ3n) is 5.62. The molecule has 0 spiro atoms. The van der Waals surface area contributed by atoms with Crippen molar-refractivity contribution in [3.63, 3.8) is 0 Å². The summed E-state index contributed by atoms with van der Waals surface area (Å²) in [7, 11) is 0. The van der Waals surface area contributed by atoms with Gasteiger partial charge in [-0.1, -0.05) is 5.16 Å². The Hall–Kier alpha value is -4.10. The number of nitrogens with zero attached hydrogens (tertiary/aromatic N) is 8. The highest BCUT2D eigenvalue weighted by Crippen LogP contribution is 2.41. The number of aromatic nitrogens is 6. The van der Waals surface area contributed by atoms with E-state index in [1.165, 1.54) is 49.9 Å². The van der Waals surface area contributed by atoms with Crippen molar-refractivity contribution >= 4 is 70.0 Å². The van der Waals surface area contributed by atoms with Crippen molar-refractivity contribution in [1.29, 1.82) is 0 Å². The molecule has 0 aromatic carbocycles. The van der Waals surface area contributed by atoms with Gasteiger partial charge in [0.1, 0.15) is 33.4 Å². The molecular weight excluding hydrogens is 611 g/mol. The fraction of sp³-hybridized carbons (Fsp3) is 0.391. The topological polar surface area (TPSA) is 203 Å². The van der Waals surface area contributed by atoms with Crippen LogP contribution in [0.15, 0.2) is 44.5 Å². The molecule has 3 aromatic rings. The number of thiazole rings is 1. The van der Waals surface area contributed by atoms with Gasteiger partial charge in [-0.25, -0.2) is 14.6 Å². The first kappa shape index (κ1) is 29.4. The van der Waals surface area contributed by atoms with Crippen LogP contribution in [0.1, 0.15) is 26.5 Å². The Kier molecular flexibility index (Phi) is 8.41. The number of nitrogens with one attached hydrogen (secondary N) is 1. The van der Waals surface area contributed by atoms with Crippen molar-refractivity contribution in [3.8, 4) is 0 Å². The van der Waals surface area contributed by atoms with Gasteiger partial charge in [0.25, 0.3) is 11.8 Å². The average Bonchev–Trinajstić information content (AvgIpc) is 3.63. The van der Waals surface area contributed by atoms with Gasteiger partial charge in [-0.15, -0.1) is 49.7 Å². The van der Waals surface area contributed by atoms with E-state index in [0.717, 1.165) is 0 Å². The zero-order valence-electron chi connectivity index (χ0n) is 22.3. The number of carboxylic acid groups (broad SMARTS) is 1. The molecule has 2 N–H and O–H groups in total. The molecule has 2 unspecified atom stereocenters. The van der Waals surface area contributed by atoms with E-state index in [-0.39, 0.29) is 22.9 Å². The molecule has 19 heteroatoms. The Morgan fingerprint density at radius 3 is 2.81 bits per heavy atom. The molecule has 2 amide bonds. The predicted molar refractivity (Wildman–Crippen MR) is 149 cm³/mol. The number of hydrogen-bond acceptors (Lipinski definition) is 15. The van der Waals surface area contributed by atoms with Crippen molar-refractivity contribution in [2.24, 2.45) is 5.16 Å². The normalized spacial score (nSPS) is 18.9. The quantitative estimate of drug-likeness (QED) is 0.103. The molecule has 1 saturated heterocycles. The summed E-state index contributed by atoms with van der Waals surface area (Å²) in [6.07, 6.45) is 0. The Morgan fingerprint density at radius 2 is 2.10 bits per heavy atom. The van der Waals surface area contributed by atoms with Crippen LogP contribution in [0.3, 0.4) is 0 Å². The fourth-order valence-corrected chi connectivity index (χ4v) is 6.80. The van der Waals surface area contributed by atoms with Gasteiger partial charge in [-0.3, -0.25) is 14.5 Å². The first-order chi connectivity index (χ1) is 20.0. The van der Waals surface area contributed by atoms with Gasteiger partial charge in [0.2, 0.25) is 6.61 Å². The summed E-state index contributed by atoms with van der Waals surface area (Å²) in [5, 5.41) is 33.2. The van der Waals surface area contributed by atoms with Crippen LogP contribution in [0.25, 0.3) is 5.65 Å². The van der Waals surface area contributed by atoms with E-state index in [1.54, 1.807) is 38.3 Å². The summed E-state index contributed by atoms with van der Waals surface area (Å²) in [6.45, 7) is 4.56. The van der Waals surface area contributed by atoms with E-state index in [1.807, 2.05) is 0 Å². The van der Waals surface area contributed by atoms with Crippen LogP contribution in [0.2, 0.25) is 0 Å². The highest BCUT2D eigenvalue weighted by molar-refractivity contribution is 8.01. The molecule has 220 valence electrons. The summed E-state index contributed by atoms with van der Waals surface area (Å²) >= 11 is 3.82. The van der Waals surface area contributed by atoms with Gasteiger partial charge in [0.05, 0.1) is 5.51 Å². The number of fused-ring (bicyclic) bond motifs is 2. The predicted octanol–water partition coefficient (Wildman–Crippen LogP) is 0.569. The van der Waals surface area contributed by atoms with Crippen molar-refractivity contribution < 1.29 is 33.9 Å². The molecule has 1 fully saturated rings. The molecule has 3 aromatic heterocycles. The number of carbonyl (C=O) groups is 4. The number of β-lactam (4-membered cyclic amide) rings is 1. The van der Waals surface area contributed by atoms with E-state index in [9.17, 15) is 24.3 Å². The van der Waals surface area contributed by atoms with Gasteiger partial charge in [-0.2, -0.15) is 0 Å². The van der Waals surface area contributed by atoms with Gasteiger partial charge in [-0.05, 0) is 48.9 Å². The minimum atomic E-state index is -1.25. The molecule has 2 atom stereocenters. The van der Waals surface area contributed by atoms with Crippen LogP contribution >= 0.6 is 34.9 Å². The number of hydrogen-bond donors (Lipinski definition) is 2. The summed E-state index contributed by atoms with van der Waals surface area (Å²) in [5.74, 6) is -2.71. The molecule has 0 aliphatic carbocycles. The van der Waals surface area contributed by atoms with Crippen molar-refractivity contribution in [1.82, 2.24) is 40.5 Å². The monoisotopic (exact) mass is 633 g/mol. The van der Waals surface area contributed by atoms with Crippen molar-refractivity contribution in [2.75, 3.05) is 18.1 Å². The Bertz CT molecular complexity index is 1600. The maximum atomic E-state index is 13.2. The summed E-state index contributed by atoms with van der Waals surface area (Å²) in [4.78, 5) is 60.8.